The lowest BCUT2D eigenvalue weighted by molar-refractivity contribution is 0.171. The van der Waals surface area contributed by atoms with E-state index in [1.165, 1.54) is 12.1 Å². The van der Waals surface area contributed by atoms with Crippen molar-refractivity contribution in [2.75, 3.05) is 13.2 Å². The Morgan fingerprint density at radius 3 is 2.85 bits per heavy atom. The lowest BCUT2D eigenvalue weighted by atomic mass is 10.2. The smallest absolute Gasteiger partial charge is 0.179 e. The van der Waals surface area contributed by atoms with Crippen LogP contribution in [0.4, 0.5) is 4.39 Å². The minimum atomic E-state index is -0.331. The maximum absolute atomic E-state index is 13.0. The molecule has 0 N–H and O–H groups in total. The Labute approximate surface area is 120 Å². The van der Waals surface area contributed by atoms with E-state index in [0.29, 0.717) is 35.5 Å². The number of hydrogen-bond donors (Lipinski definition) is 0. The van der Waals surface area contributed by atoms with Crippen molar-refractivity contribution in [3.8, 4) is 17.2 Å². The van der Waals surface area contributed by atoms with Gasteiger partial charge < -0.3 is 14.2 Å². The van der Waals surface area contributed by atoms with Crippen molar-refractivity contribution in [3.63, 3.8) is 0 Å². The highest BCUT2D eigenvalue weighted by Crippen LogP contribution is 2.38. The SMILES string of the molecule is Fc1cccc(OCc2cc(Cl)c3c(c2)OCCO3)c1. The highest BCUT2D eigenvalue weighted by atomic mass is 35.5. The maximum atomic E-state index is 13.0. The monoisotopic (exact) mass is 294 g/mol. The molecule has 1 heterocycles. The van der Waals surface area contributed by atoms with E-state index in [9.17, 15) is 4.39 Å². The van der Waals surface area contributed by atoms with Gasteiger partial charge in [-0.2, -0.15) is 0 Å². The van der Waals surface area contributed by atoms with Crippen LogP contribution in [0.1, 0.15) is 5.56 Å². The summed E-state index contributed by atoms with van der Waals surface area (Å²) in [6.45, 7) is 1.27. The highest BCUT2D eigenvalue weighted by Gasteiger charge is 2.16. The second kappa shape index (κ2) is 5.59. The second-order valence-electron chi connectivity index (χ2n) is 4.35. The summed E-state index contributed by atoms with van der Waals surface area (Å²) in [6, 6.07) is 9.58. The van der Waals surface area contributed by atoms with Crippen LogP contribution in [-0.4, -0.2) is 13.2 Å². The maximum Gasteiger partial charge on any atom is 0.179 e. The average Bonchev–Trinajstić information content (AvgIpc) is 2.45. The van der Waals surface area contributed by atoms with Gasteiger partial charge in [0.25, 0.3) is 0 Å². The largest absolute Gasteiger partial charge is 0.489 e. The molecule has 0 fully saturated rings. The Balaban J connectivity index is 1.76. The molecule has 0 amide bonds. The molecule has 1 aliphatic rings. The van der Waals surface area contributed by atoms with Gasteiger partial charge in [-0.3, -0.25) is 0 Å². The third-order valence-electron chi connectivity index (χ3n) is 2.86. The van der Waals surface area contributed by atoms with E-state index in [1.807, 2.05) is 6.07 Å². The van der Waals surface area contributed by atoms with E-state index < -0.39 is 0 Å². The fraction of sp³-hybridized carbons (Fsp3) is 0.200. The lowest BCUT2D eigenvalue weighted by Crippen LogP contribution is -2.16. The van der Waals surface area contributed by atoms with Crippen LogP contribution >= 0.6 is 11.6 Å². The van der Waals surface area contributed by atoms with Gasteiger partial charge in [0.05, 0.1) is 5.02 Å². The minimum absolute atomic E-state index is 0.278. The predicted octanol–water partition coefficient (Wildman–Crippen LogP) is 3.83. The summed E-state index contributed by atoms with van der Waals surface area (Å²) < 4.78 is 29.5. The molecular formula is C15H12ClFO3. The molecule has 0 radical (unpaired) electrons. The average molecular weight is 295 g/mol. The lowest BCUT2D eigenvalue weighted by Gasteiger charge is -2.20. The number of benzene rings is 2. The van der Waals surface area contributed by atoms with Gasteiger partial charge in [0.1, 0.15) is 31.4 Å². The zero-order valence-corrected chi connectivity index (χ0v) is 11.3. The van der Waals surface area contributed by atoms with Crippen LogP contribution in [0.5, 0.6) is 17.2 Å². The van der Waals surface area contributed by atoms with Crippen LogP contribution in [-0.2, 0) is 6.61 Å². The summed E-state index contributed by atoms with van der Waals surface area (Å²) in [6.07, 6.45) is 0. The Kier molecular flexibility index (Phi) is 3.65. The number of halogens is 2. The summed E-state index contributed by atoms with van der Waals surface area (Å²) in [7, 11) is 0. The molecule has 20 heavy (non-hydrogen) atoms. The first-order valence-corrected chi connectivity index (χ1v) is 6.56. The Hall–Kier alpha value is -1.94. The van der Waals surface area contributed by atoms with E-state index in [4.69, 9.17) is 25.8 Å². The third kappa shape index (κ3) is 2.80. The van der Waals surface area contributed by atoms with Gasteiger partial charge in [-0.25, -0.2) is 4.39 Å². The molecule has 2 aromatic rings. The first-order valence-electron chi connectivity index (χ1n) is 6.19. The van der Waals surface area contributed by atoms with Crippen molar-refractivity contribution in [3.05, 3.63) is 52.8 Å². The van der Waals surface area contributed by atoms with Crippen LogP contribution in [0.3, 0.4) is 0 Å². The van der Waals surface area contributed by atoms with Crippen molar-refractivity contribution in [1.82, 2.24) is 0 Å². The highest BCUT2D eigenvalue weighted by molar-refractivity contribution is 6.32. The Bertz CT molecular complexity index is 631. The van der Waals surface area contributed by atoms with Gasteiger partial charge in [0, 0.05) is 6.07 Å². The number of hydrogen-bond acceptors (Lipinski definition) is 3. The van der Waals surface area contributed by atoms with Gasteiger partial charge in [0.2, 0.25) is 0 Å². The molecule has 2 aromatic carbocycles. The van der Waals surface area contributed by atoms with Crippen LogP contribution in [0.2, 0.25) is 5.02 Å². The fourth-order valence-electron chi connectivity index (χ4n) is 1.97. The summed E-state index contributed by atoms with van der Waals surface area (Å²) >= 11 is 6.13. The minimum Gasteiger partial charge on any atom is -0.489 e. The fourth-order valence-corrected chi connectivity index (χ4v) is 2.26. The predicted molar refractivity (Wildman–Crippen MR) is 73.2 cm³/mol. The molecule has 0 atom stereocenters. The molecular weight excluding hydrogens is 283 g/mol. The van der Waals surface area contributed by atoms with Crippen molar-refractivity contribution in [2.45, 2.75) is 6.61 Å². The van der Waals surface area contributed by atoms with Crippen molar-refractivity contribution < 1.29 is 18.6 Å². The number of rotatable bonds is 3. The molecule has 0 bridgehead atoms. The quantitative estimate of drug-likeness (QED) is 0.861. The summed E-state index contributed by atoms with van der Waals surface area (Å²) in [5.74, 6) is 1.31. The standard InChI is InChI=1S/C15H12ClFO3/c16-13-6-10(7-14-15(13)19-5-4-18-14)9-20-12-3-1-2-11(17)8-12/h1-3,6-8H,4-5,9H2. The molecule has 3 rings (SSSR count). The molecule has 0 spiro atoms. The van der Waals surface area contributed by atoms with E-state index >= 15 is 0 Å². The topological polar surface area (TPSA) is 27.7 Å². The van der Waals surface area contributed by atoms with E-state index in [2.05, 4.69) is 0 Å². The zero-order chi connectivity index (χ0) is 13.9. The van der Waals surface area contributed by atoms with E-state index in [0.717, 1.165) is 5.56 Å². The molecule has 1 aliphatic heterocycles. The first-order chi connectivity index (χ1) is 9.72. The van der Waals surface area contributed by atoms with Crippen LogP contribution in [0, 0.1) is 5.82 Å². The Morgan fingerprint density at radius 1 is 1.15 bits per heavy atom. The van der Waals surface area contributed by atoms with Crippen LogP contribution < -0.4 is 14.2 Å². The van der Waals surface area contributed by atoms with Gasteiger partial charge >= 0.3 is 0 Å². The van der Waals surface area contributed by atoms with Crippen LogP contribution in [0.25, 0.3) is 0 Å². The van der Waals surface area contributed by atoms with E-state index in [-0.39, 0.29) is 12.4 Å². The van der Waals surface area contributed by atoms with E-state index in [1.54, 1.807) is 18.2 Å². The second-order valence-corrected chi connectivity index (χ2v) is 4.76. The molecule has 0 aliphatic carbocycles. The van der Waals surface area contributed by atoms with Gasteiger partial charge in [-0.15, -0.1) is 0 Å². The van der Waals surface area contributed by atoms with Crippen molar-refractivity contribution in [2.24, 2.45) is 0 Å². The number of fused-ring (bicyclic) bond motifs is 1. The van der Waals surface area contributed by atoms with Gasteiger partial charge in [-0.1, -0.05) is 17.7 Å². The Morgan fingerprint density at radius 2 is 2.00 bits per heavy atom. The molecule has 3 nitrogen and oxygen atoms in total. The molecule has 0 aromatic heterocycles. The number of ether oxygens (including phenoxy) is 3. The molecule has 0 saturated carbocycles. The van der Waals surface area contributed by atoms with Crippen LogP contribution in [0.15, 0.2) is 36.4 Å². The molecule has 0 unspecified atom stereocenters. The third-order valence-corrected chi connectivity index (χ3v) is 3.14. The zero-order valence-electron chi connectivity index (χ0n) is 10.6. The van der Waals surface area contributed by atoms with Gasteiger partial charge in [-0.05, 0) is 29.8 Å². The van der Waals surface area contributed by atoms with Gasteiger partial charge in [0.15, 0.2) is 11.5 Å². The van der Waals surface area contributed by atoms with Crippen molar-refractivity contribution in [1.29, 1.82) is 0 Å². The van der Waals surface area contributed by atoms with Crippen molar-refractivity contribution >= 4 is 11.6 Å². The summed E-state index contributed by atoms with van der Waals surface area (Å²) in [5, 5.41) is 0.486. The molecule has 5 heteroatoms. The molecule has 0 saturated heterocycles. The molecule has 104 valence electrons. The first kappa shape index (κ1) is 13.1. The normalized spacial score (nSPS) is 13.1. The summed E-state index contributed by atoms with van der Waals surface area (Å²) in [5.41, 5.74) is 0.837. The summed E-state index contributed by atoms with van der Waals surface area (Å²) in [4.78, 5) is 0.